The number of hydrogen-bond donors (Lipinski definition) is 0. The first-order chi connectivity index (χ1) is 7.24. The van der Waals surface area contributed by atoms with Crippen LogP contribution < -0.4 is 0 Å². The van der Waals surface area contributed by atoms with Gasteiger partial charge in [-0.25, -0.2) is 9.97 Å². The molecule has 0 spiro atoms. The largest absolute Gasteiger partial charge is 0.276 e. The van der Waals surface area contributed by atoms with Gasteiger partial charge in [0.05, 0.1) is 5.56 Å². The summed E-state index contributed by atoms with van der Waals surface area (Å²) in [5.41, 5.74) is 0.546. The van der Waals surface area contributed by atoms with E-state index in [2.05, 4.69) is 61.2 Å². The summed E-state index contributed by atoms with van der Waals surface area (Å²) in [6, 6.07) is 5.60. The van der Waals surface area contributed by atoms with Crippen molar-refractivity contribution in [2.75, 3.05) is 0 Å². The van der Waals surface area contributed by atoms with Crippen LogP contribution in [0, 0.1) is 18.7 Å². The van der Waals surface area contributed by atoms with Crippen molar-refractivity contribution in [3.8, 4) is 11.9 Å². The van der Waals surface area contributed by atoms with E-state index in [0.29, 0.717) is 11.4 Å². The van der Waals surface area contributed by atoms with Crippen molar-refractivity contribution in [1.29, 1.82) is 5.26 Å². The molecule has 0 saturated carbocycles. The van der Waals surface area contributed by atoms with Crippen molar-refractivity contribution >= 4 is 45.2 Å². The second-order valence-electron chi connectivity index (χ2n) is 2.68. The maximum atomic E-state index is 8.95. The van der Waals surface area contributed by atoms with Gasteiger partial charge in [0.25, 0.3) is 0 Å². The molecule has 0 atom stereocenters. The Kier molecular flexibility index (Phi) is 3.20. The molecule has 0 radical (unpaired) electrons. The summed E-state index contributed by atoms with van der Waals surface area (Å²) in [6.45, 7) is 0. The van der Waals surface area contributed by atoms with Gasteiger partial charge in [-0.15, -0.1) is 0 Å². The first-order valence-corrected chi connectivity index (χ1v) is 6.13. The molecule has 15 heavy (non-hydrogen) atoms. The lowest BCUT2D eigenvalue weighted by molar-refractivity contribution is 0.963. The smallest absolute Gasteiger partial charge is 0.156 e. The number of halogens is 2. The van der Waals surface area contributed by atoms with Crippen LogP contribution in [0.5, 0.6) is 0 Å². The van der Waals surface area contributed by atoms with E-state index in [0.717, 1.165) is 7.40 Å². The Morgan fingerprint density at radius 3 is 2.73 bits per heavy atom. The highest BCUT2D eigenvalue weighted by Gasteiger charge is 2.11. The van der Waals surface area contributed by atoms with E-state index in [4.69, 9.17) is 5.26 Å². The van der Waals surface area contributed by atoms with Crippen LogP contribution in [0.15, 0.2) is 24.7 Å². The Morgan fingerprint density at radius 1 is 1.33 bits per heavy atom. The number of hydrogen-bond acceptors (Lipinski definition) is 3. The number of imidazole rings is 1. The molecule has 0 amide bonds. The van der Waals surface area contributed by atoms with Crippen molar-refractivity contribution in [3.63, 3.8) is 0 Å². The second kappa shape index (κ2) is 4.44. The molecular formula is C9H4I2N4. The Morgan fingerprint density at radius 2 is 2.13 bits per heavy atom. The summed E-state index contributed by atoms with van der Waals surface area (Å²) < 4.78 is 3.67. The van der Waals surface area contributed by atoms with E-state index in [-0.39, 0.29) is 0 Å². The van der Waals surface area contributed by atoms with Gasteiger partial charge in [-0.3, -0.25) is 4.57 Å². The summed E-state index contributed by atoms with van der Waals surface area (Å²) in [5.74, 6) is 0.625. The van der Waals surface area contributed by atoms with E-state index >= 15 is 0 Å². The number of aromatic nitrogens is 3. The average molecular weight is 422 g/mol. The van der Waals surface area contributed by atoms with Gasteiger partial charge < -0.3 is 0 Å². The van der Waals surface area contributed by atoms with E-state index in [1.165, 1.54) is 0 Å². The minimum atomic E-state index is 0.546. The lowest BCUT2D eigenvalue weighted by atomic mass is 10.3. The third-order valence-corrected chi connectivity index (χ3v) is 4.66. The topological polar surface area (TPSA) is 54.5 Å². The van der Waals surface area contributed by atoms with Gasteiger partial charge in [-0.2, -0.15) is 5.26 Å². The number of pyridine rings is 1. The van der Waals surface area contributed by atoms with Crippen molar-refractivity contribution < 1.29 is 0 Å². The highest BCUT2D eigenvalue weighted by molar-refractivity contribution is 14.1. The summed E-state index contributed by atoms with van der Waals surface area (Å²) >= 11 is 4.33. The van der Waals surface area contributed by atoms with Crippen LogP contribution in [0.4, 0.5) is 0 Å². The molecule has 6 heteroatoms. The molecule has 2 aromatic rings. The minimum Gasteiger partial charge on any atom is -0.276 e. The van der Waals surface area contributed by atoms with Crippen molar-refractivity contribution in [3.05, 3.63) is 37.6 Å². The van der Waals surface area contributed by atoms with E-state index in [9.17, 15) is 0 Å². The molecule has 74 valence electrons. The van der Waals surface area contributed by atoms with Crippen LogP contribution in [0.2, 0.25) is 0 Å². The highest BCUT2D eigenvalue weighted by atomic mass is 127. The molecule has 0 aliphatic heterocycles. The molecule has 0 unspecified atom stereocenters. The van der Waals surface area contributed by atoms with E-state index in [1.54, 1.807) is 29.2 Å². The van der Waals surface area contributed by atoms with Crippen LogP contribution in [0.3, 0.4) is 0 Å². The third-order valence-electron chi connectivity index (χ3n) is 1.80. The van der Waals surface area contributed by atoms with Gasteiger partial charge in [-0.05, 0) is 57.3 Å². The lowest BCUT2D eigenvalue weighted by Crippen LogP contribution is -2.01. The molecule has 2 aromatic heterocycles. The maximum Gasteiger partial charge on any atom is 0.156 e. The molecular weight excluding hydrogens is 418 g/mol. The van der Waals surface area contributed by atoms with Gasteiger partial charge in [0.2, 0.25) is 0 Å². The number of rotatable bonds is 1. The molecule has 0 bridgehead atoms. The zero-order valence-corrected chi connectivity index (χ0v) is 11.7. The Balaban J connectivity index is 2.65. The fourth-order valence-electron chi connectivity index (χ4n) is 1.14. The number of nitriles is 1. The summed E-state index contributed by atoms with van der Waals surface area (Å²) in [5, 5.41) is 8.95. The normalized spacial score (nSPS) is 9.93. The molecule has 4 nitrogen and oxygen atoms in total. The first-order valence-electron chi connectivity index (χ1n) is 3.98. The van der Waals surface area contributed by atoms with Crippen LogP contribution in [0.1, 0.15) is 5.56 Å². The lowest BCUT2D eigenvalue weighted by Gasteiger charge is -2.03. The monoisotopic (exact) mass is 422 g/mol. The summed E-state index contributed by atoms with van der Waals surface area (Å²) in [6.07, 6.45) is 3.34. The number of nitrogens with zero attached hydrogens (tertiary/aromatic N) is 4. The van der Waals surface area contributed by atoms with E-state index in [1.807, 2.05) is 0 Å². The first kappa shape index (κ1) is 10.8. The molecule has 0 fully saturated rings. The quantitative estimate of drug-likeness (QED) is 0.664. The molecule has 2 rings (SSSR count). The molecule has 0 saturated heterocycles. The predicted molar refractivity (Wildman–Crippen MR) is 71.5 cm³/mol. The fraction of sp³-hybridized carbons (Fsp3) is 0. The van der Waals surface area contributed by atoms with Crippen molar-refractivity contribution in [1.82, 2.24) is 14.5 Å². The molecule has 0 aromatic carbocycles. The standard InChI is InChI=1S/C9H4I2N4/c10-7-8(11)15(5-14-7)9-6(4-12)2-1-3-13-9/h1-3,5H. The average Bonchev–Trinajstić information content (AvgIpc) is 2.60. The van der Waals surface area contributed by atoms with Gasteiger partial charge in [0.1, 0.15) is 19.8 Å². The van der Waals surface area contributed by atoms with Crippen LogP contribution in [-0.2, 0) is 0 Å². The Bertz CT molecular complexity index is 541. The van der Waals surface area contributed by atoms with Gasteiger partial charge in [0, 0.05) is 6.20 Å². The van der Waals surface area contributed by atoms with Crippen LogP contribution in [-0.4, -0.2) is 14.5 Å². The predicted octanol–water partition coefficient (Wildman–Crippen LogP) is 2.35. The van der Waals surface area contributed by atoms with Gasteiger partial charge >= 0.3 is 0 Å². The van der Waals surface area contributed by atoms with Gasteiger partial charge in [0.15, 0.2) is 5.82 Å². The van der Waals surface area contributed by atoms with E-state index < -0.39 is 0 Å². The fourth-order valence-corrected chi connectivity index (χ4v) is 2.01. The van der Waals surface area contributed by atoms with Crippen molar-refractivity contribution in [2.24, 2.45) is 0 Å². The second-order valence-corrected chi connectivity index (χ2v) is 4.73. The Hall–Kier alpha value is -0.690. The van der Waals surface area contributed by atoms with Crippen LogP contribution in [0.25, 0.3) is 5.82 Å². The SMILES string of the molecule is N#Cc1cccnc1-n1cnc(I)c1I. The molecule has 2 heterocycles. The summed E-state index contributed by atoms with van der Waals surface area (Å²) in [4.78, 5) is 8.35. The van der Waals surface area contributed by atoms with Crippen LogP contribution >= 0.6 is 45.2 Å². The minimum absolute atomic E-state index is 0.546. The zero-order valence-electron chi connectivity index (χ0n) is 7.35. The van der Waals surface area contributed by atoms with Crippen molar-refractivity contribution in [2.45, 2.75) is 0 Å². The summed E-state index contributed by atoms with van der Waals surface area (Å²) in [7, 11) is 0. The zero-order chi connectivity index (χ0) is 10.8. The Labute approximate surface area is 114 Å². The molecule has 0 N–H and O–H groups in total. The molecule has 0 aliphatic carbocycles. The maximum absolute atomic E-state index is 8.95. The third kappa shape index (κ3) is 1.98. The van der Waals surface area contributed by atoms with Gasteiger partial charge in [-0.1, -0.05) is 0 Å². The highest BCUT2D eigenvalue weighted by Crippen LogP contribution is 2.18. The molecule has 0 aliphatic rings.